The van der Waals surface area contributed by atoms with Crippen molar-refractivity contribution in [3.05, 3.63) is 101 Å². The Kier molecular flexibility index (Phi) is 8.28. The molecular weight excluding hydrogens is 598 g/mol. The highest BCUT2D eigenvalue weighted by Gasteiger charge is 2.31. The Hall–Kier alpha value is -4.77. The summed E-state index contributed by atoms with van der Waals surface area (Å²) in [5.41, 5.74) is 4.68. The number of hydrogen-bond donors (Lipinski definition) is 2. The fourth-order valence-electron chi connectivity index (χ4n) is 6.04. The zero-order valence-corrected chi connectivity index (χ0v) is 25.8. The highest BCUT2D eigenvalue weighted by Crippen LogP contribution is 2.42. The second kappa shape index (κ2) is 12.3. The van der Waals surface area contributed by atoms with Crippen LogP contribution < -0.4 is 9.62 Å². The lowest BCUT2D eigenvalue weighted by Crippen LogP contribution is -2.39. The Bertz CT molecular complexity index is 1920. The number of nitrogens with one attached hydrogen (secondary N) is 2. The van der Waals surface area contributed by atoms with E-state index in [0.29, 0.717) is 57.8 Å². The summed E-state index contributed by atoms with van der Waals surface area (Å²) >= 11 is 0. The molecule has 6 rings (SSSR count). The number of aromatic nitrogens is 1. The highest BCUT2D eigenvalue weighted by molar-refractivity contribution is 7.85. The summed E-state index contributed by atoms with van der Waals surface area (Å²) in [6.07, 6.45) is 6.47. The lowest BCUT2D eigenvalue weighted by atomic mass is 9.87. The molecule has 8 nitrogen and oxygen atoms in total. The van der Waals surface area contributed by atoms with Gasteiger partial charge in [-0.2, -0.15) is 0 Å². The van der Waals surface area contributed by atoms with Crippen LogP contribution in [0.5, 0.6) is 0 Å². The van der Waals surface area contributed by atoms with Gasteiger partial charge in [-0.05, 0) is 66.4 Å². The molecule has 0 saturated carbocycles. The zero-order chi connectivity index (χ0) is 31.8. The van der Waals surface area contributed by atoms with E-state index in [9.17, 15) is 22.6 Å². The number of fused-ring (bicyclic) bond motifs is 1. The van der Waals surface area contributed by atoms with Gasteiger partial charge in [0.1, 0.15) is 34.0 Å². The van der Waals surface area contributed by atoms with Crippen LogP contribution in [0.2, 0.25) is 0 Å². The molecule has 0 bridgehead atoms. The van der Waals surface area contributed by atoms with Crippen LogP contribution in [0, 0.1) is 11.6 Å². The first kappa shape index (κ1) is 30.3. The fourth-order valence-corrected chi connectivity index (χ4v) is 6.47. The van der Waals surface area contributed by atoms with Crippen molar-refractivity contribution in [2.75, 3.05) is 37.7 Å². The standard InChI is InChI=1S/C34H32F2N4O4S/c1-37-33(41)31-26-15-25(29(39(2)45(3)43)16-30(26)44-32(31)21-8-12-24(36)13-9-21)22-5-4-14-40(19-22)34(42)28-18-38-17-27(28)20-6-10-23(35)11-7-20/h6-13,15-18,22,38H,4-5,14,19H2,1-3H3,(H,37,41)/t22-,45?/m1/s1. The third-order valence-electron chi connectivity index (χ3n) is 8.40. The minimum atomic E-state index is -1.38. The molecule has 11 heteroatoms. The maximum absolute atomic E-state index is 13.9. The smallest absolute Gasteiger partial charge is 0.256 e. The molecule has 3 aromatic carbocycles. The molecule has 2 N–H and O–H groups in total. The third kappa shape index (κ3) is 5.75. The number of carbonyl (C=O) groups is 2. The molecule has 3 heterocycles. The van der Waals surface area contributed by atoms with E-state index in [4.69, 9.17) is 4.42 Å². The maximum atomic E-state index is 13.9. The van der Waals surface area contributed by atoms with Gasteiger partial charge in [0.2, 0.25) is 0 Å². The second-order valence-corrected chi connectivity index (χ2v) is 12.5. The summed E-state index contributed by atoms with van der Waals surface area (Å²) < 4.78 is 47.9. The van der Waals surface area contributed by atoms with E-state index in [1.165, 1.54) is 31.3 Å². The first-order valence-corrected chi connectivity index (χ1v) is 16.1. The molecule has 2 amide bonds. The molecular formula is C34H32F2N4O4S. The largest absolute Gasteiger partial charge is 0.455 e. The molecule has 1 unspecified atom stereocenters. The summed E-state index contributed by atoms with van der Waals surface area (Å²) in [5, 5.41) is 3.25. The van der Waals surface area contributed by atoms with Gasteiger partial charge in [-0.1, -0.05) is 12.1 Å². The van der Waals surface area contributed by atoms with Crippen molar-refractivity contribution in [1.82, 2.24) is 15.2 Å². The van der Waals surface area contributed by atoms with Gasteiger partial charge in [0.05, 0.1) is 16.8 Å². The summed E-state index contributed by atoms with van der Waals surface area (Å²) in [5.74, 6) is -1.11. The molecule has 1 aliphatic heterocycles. The number of piperidine rings is 1. The molecule has 0 radical (unpaired) electrons. The van der Waals surface area contributed by atoms with Crippen LogP contribution in [0.15, 0.2) is 77.5 Å². The number of benzene rings is 3. The second-order valence-electron chi connectivity index (χ2n) is 11.1. The van der Waals surface area contributed by atoms with E-state index < -0.39 is 16.8 Å². The third-order valence-corrected chi connectivity index (χ3v) is 9.37. The number of rotatable bonds is 7. The number of aromatic amines is 1. The molecule has 45 heavy (non-hydrogen) atoms. The van der Waals surface area contributed by atoms with Crippen molar-refractivity contribution in [1.29, 1.82) is 0 Å². The highest BCUT2D eigenvalue weighted by atomic mass is 32.2. The van der Waals surface area contributed by atoms with Gasteiger partial charge in [-0.15, -0.1) is 0 Å². The Balaban J connectivity index is 1.42. The Labute approximate surface area is 261 Å². The van der Waals surface area contributed by atoms with E-state index in [1.807, 2.05) is 6.07 Å². The molecule has 1 saturated heterocycles. The lowest BCUT2D eigenvalue weighted by Gasteiger charge is -2.35. The van der Waals surface area contributed by atoms with E-state index in [2.05, 4.69) is 10.3 Å². The van der Waals surface area contributed by atoms with Gasteiger partial charge in [-0.3, -0.25) is 13.9 Å². The molecule has 0 aliphatic carbocycles. The van der Waals surface area contributed by atoms with Gasteiger partial charge < -0.3 is 19.6 Å². The van der Waals surface area contributed by atoms with Crippen molar-refractivity contribution in [2.45, 2.75) is 18.8 Å². The van der Waals surface area contributed by atoms with Crippen LogP contribution in [-0.4, -0.2) is 59.3 Å². The summed E-state index contributed by atoms with van der Waals surface area (Å²) in [4.78, 5) is 31.9. The Morgan fingerprint density at radius 2 is 1.69 bits per heavy atom. The van der Waals surface area contributed by atoms with Gasteiger partial charge in [0.25, 0.3) is 11.8 Å². The molecule has 5 aromatic rings. The van der Waals surface area contributed by atoms with Crippen molar-refractivity contribution >= 4 is 39.5 Å². The normalized spacial score (nSPS) is 15.7. The number of likely N-dealkylation sites (tertiary alicyclic amines) is 1. The summed E-state index contributed by atoms with van der Waals surface area (Å²) in [6, 6.07) is 15.4. The van der Waals surface area contributed by atoms with Crippen LogP contribution in [-0.2, 0) is 11.0 Å². The van der Waals surface area contributed by atoms with Gasteiger partial charge in [-0.25, -0.2) is 13.0 Å². The first-order valence-electron chi connectivity index (χ1n) is 14.5. The number of nitrogens with zero attached hydrogens (tertiary/aromatic N) is 2. The maximum Gasteiger partial charge on any atom is 0.256 e. The van der Waals surface area contributed by atoms with E-state index >= 15 is 0 Å². The lowest BCUT2D eigenvalue weighted by molar-refractivity contribution is 0.0708. The SMILES string of the molecule is CNC(=O)c1c(-c2ccc(F)cc2)oc2cc(N(C)S(C)=O)c([C@@H]3CCCN(C(=O)c4c[nH]cc4-c4ccc(F)cc4)C3)cc12. The summed E-state index contributed by atoms with van der Waals surface area (Å²) in [6.45, 7) is 0.952. The van der Waals surface area contributed by atoms with Crippen LogP contribution in [0.3, 0.4) is 0 Å². The van der Waals surface area contributed by atoms with Crippen molar-refractivity contribution in [2.24, 2.45) is 0 Å². The zero-order valence-electron chi connectivity index (χ0n) is 25.0. The minimum Gasteiger partial charge on any atom is -0.455 e. The van der Waals surface area contributed by atoms with E-state index in [1.54, 1.807) is 65.2 Å². The van der Waals surface area contributed by atoms with Crippen LogP contribution in [0.4, 0.5) is 14.5 Å². The fraction of sp³-hybridized carbons (Fsp3) is 0.235. The van der Waals surface area contributed by atoms with Crippen LogP contribution >= 0.6 is 0 Å². The van der Waals surface area contributed by atoms with Gasteiger partial charge in [0.15, 0.2) is 0 Å². The van der Waals surface area contributed by atoms with Crippen molar-refractivity contribution in [3.63, 3.8) is 0 Å². The molecule has 2 atom stereocenters. The number of furan rings is 1. The molecule has 232 valence electrons. The number of amides is 2. The monoisotopic (exact) mass is 630 g/mol. The number of H-pyrrole nitrogens is 1. The van der Waals surface area contributed by atoms with Crippen molar-refractivity contribution in [3.8, 4) is 22.5 Å². The average molecular weight is 631 g/mol. The average Bonchev–Trinajstić information content (AvgIpc) is 3.69. The molecule has 1 fully saturated rings. The van der Waals surface area contributed by atoms with Crippen LogP contribution in [0.25, 0.3) is 33.4 Å². The topological polar surface area (TPSA) is 98.7 Å². The Morgan fingerprint density at radius 1 is 1.02 bits per heavy atom. The van der Waals surface area contributed by atoms with E-state index in [-0.39, 0.29) is 23.5 Å². The Morgan fingerprint density at radius 3 is 2.33 bits per heavy atom. The van der Waals surface area contributed by atoms with Crippen LogP contribution in [0.1, 0.15) is 45.0 Å². The number of anilines is 1. The van der Waals surface area contributed by atoms with Gasteiger partial charge in [0, 0.05) is 74.3 Å². The van der Waals surface area contributed by atoms with E-state index in [0.717, 1.165) is 24.0 Å². The molecule has 0 spiro atoms. The predicted molar refractivity (Wildman–Crippen MR) is 172 cm³/mol. The number of halogens is 2. The quantitative estimate of drug-likeness (QED) is 0.215. The number of hydrogen-bond acceptors (Lipinski definition) is 4. The van der Waals surface area contributed by atoms with Crippen molar-refractivity contribution < 1.29 is 27.0 Å². The summed E-state index contributed by atoms with van der Waals surface area (Å²) in [7, 11) is 1.88. The van der Waals surface area contributed by atoms with Gasteiger partial charge >= 0.3 is 0 Å². The molecule has 2 aromatic heterocycles. The number of carbonyl (C=O) groups excluding carboxylic acids is 2. The molecule has 1 aliphatic rings. The first-order chi connectivity index (χ1) is 21.7. The predicted octanol–water partition coefficient (Wildman–Crippen LogP) is 6.48. The minimum absolute atomic E-state index is 0.136.